The highest BCUT2D eigenvalue weighted by atomic mass is 19.4. The molecule has 2 aliphatic rings. The van der Waals surface area contributed by atoms with Crippen molar-refractivity contribution < 1.29 is 32.2 Å². The van der Waals surface area contributed by atoms with Crippen LogP contribution in [0.2, 0.25) is 0 Å². The van der Waals surface area contributed by atoms with Crippen molar-refractivity contribution in [2.75, 3.05) is 26.4 Å². The minimum absolute atomic E-state index is 0.0883. The van der Waals surface area contributed by atoms with E-state index in [9.17, 15) is 13.2 Å². The maximum atomic E-state index is 13.8. The molecule has 0 saturated carbocycles. The van der Waals surface area contributed by atoms with Gasteiger partial charge in [-0.1, -0.05) is 17.8 Å². The van der Waals surface area contributed by atoms with E-state index in [1.807, 2.05) is 18.2 Å². The summed E-state index contributed by atoms with van der Waals surface area (Å²) in [4.78, 5) is 7.05. The van der Waals surface area contributed by atoms with Gasteiger partial charge in [-0.3, -0.25) is 5.41 Å². The predicted octanol–water partition coefficient (Wildman–Crippen LogP) is 5.10. The van der Waals surface area contributed by atoms with Crippen LogP contribution in [0.25, 0.3) is 0 Å². The Hall–Kier alpha value is -3.89. The Labute approximate surface area is 219 Å². The Morgan fingerprint density at radius 3 is 2.68 bits per heavy atom. The summed E-state index contributed by atoms with van der Waals surface area (Å²) in [6.45, 7) is 7.12. The first-order valence-electron chi connectivity index (χ1n) is 12.4. The number of oxime groups is 1. The van der Waals surface area contributed by atoms with Gasteiger partial charge in [0.15, 0.2) is 17.5 Å². The van der Waals surface area contributed by atoms with Crippen molar-refractivity contribution in [2.45, 2.75) is 44.8 Å². The fraction of sp³-hybridized carbons (Fsp3) is 0.407. The van der Waals surface area contributed by atoms with Crippen LogP contribution < -0.4 is 19.9 Å². The summed E-state index contributed by atoms with van der Waals surface area (Å²) in [6.07, 6.45) is -1.95. The van der Waals surface area contributed by atoms with Crippen molar-refractivity contribution in [3.63, 3.8) is 0 Å². The van der Waals surface area contributed by atoms with Gasteiger partial charge in [0.1, 0.15) is 24.7 Å². The molecule has 0 aromatic heterocycles. The summed E-state index contributed by atoms with van der Waals surface area (Å²) in [5.74, 6) is 1.32. The van der Waals surface area contributed by atoms with Crippen molar-refractivity contribution in [1.29, 1.82) is 5.41 Å². The Morgan fingerprint density at radius 1 is 1.18 bits per heavy atom. The molecule has 2 aromatic carbocycles. The van der Waals surface area contributed by atoms with E-state index >= 15 is 0 Å². The second-order valence-corrected chi connectivity index (χ2v) is 9.11. The van der Waals surface area contributed by atoms with Crippen molar-refractivity contribution in [1.82, 2.24) is 4.90 Å². The number of ether oxygens (including phenoxy) is 3. The van der Waals surface area contributed by atoms with E-state index < -0.39 is 11.7 Å². The van der Waals surface area contributed by atoms with E-state index in [1.165, 1.54) is 12.1 Å². The lowest BCUT2D eigenvalue weighted by atomic mass is 10.1. The zero-order valence-corrected chi connectivity index (χ0v) is 21.1. The van der Waals surface area contributed by atoms with Crippen molar-refractivity contribution in [3.8, 4) is 17.2 Å². The van der Waals surface area contributed by atoms with Gasteiger partial charge in [-0.25, -0.2) is 0 Å². The van der Waals surface area contributed by atoms with Crippen LogP contribution in [0.1, 0.15) is 42.9 Å². The van der Waals surface area contributed by atoms with E-state index in [4.69, 9.17) is 30.2 Å². The molecule has 1 atom stereocenters. The largest absolute Gasteiger partial charge is 0.493 e. The Kier molecular flexibility index (Phi) is 8.33. The number of hydrogen-bond acceptors (Lipinski definition) is 6. The highest BCUT2D eigenvalue weighted by Crippen LogP contribution is 2.37. The maximum absolute atomic E-state index is 13.8. The molecular formula is C27H31F3N4O4. The third-order valence-electron chi connectivity index (χ3n) is 6.41. The van der Waals surface area contributed by atoms with Crippen molar-refractivity contribution in [3.05, 3.63) is 65.4 Å². The van der Waals surface area contributed by atoms with Crippen molar-refractivity contribution in [2.24, 2.45) is 10.9 Å². The minimum Gasteiger partial charge on any atom is -0.493 e. The number of rotatable bonds is 9. The van der Waals surface area contributed by atoms with Gasteiger partial charge >= 0.3 is 6.18 Å². The first-order chi connectivity index (χ1) is 18.1. The van der Waals surface area contributed by atoms with E-state index in [2.05, 4.69) is 11.7 Å². The topological polar surface area (TPSA) is 102 Å². The highest BCUT2D eigenvalue weighted by molar-refractivity contribution is 5.98. The molecule has 0 unspecified atom stereocenters. The molecular weight excluding hydrogens is 501 g/mol. The number of hydrogen-bond donors (Lipinski definition) is 2. The van der Waals surface area contributed by atoms with Crippen LogP contribution in [0.15, 0.2) is 53.9 Å². The van der Waals surface area contributed by atoms with Crippen LogP contribution in [-0.2, 0) is 17.4 Å². The number of alkyl halides is 3. The number of nitrogens with one attached hydrogen (secondary N) is 1. The molecule has 8 nitrogen and oxygen atoms in total. The van der Waals surface area contributed by atoms with Gasteiger partial charge in [-0.05, 0) is 74.1 Å². The van der Waals surface area contributed by atoms with Gasteiger partial charge in [0.25, 0.3) is 0 Å². The van der Waals surface area contributed by atoms with Crippen LogP contribution >= 0.6 is 0 Å². The summed E-state index contributed by atoms with van der Waals surface area (Å²) >= 11 is 0. The number of nitrogens with zero attached hydrogens (tertiary/aromatic N) is 2. The van der Waals surface area contributed by atoms with Gasteiger partial charge in [-0.15, -0.1) is 0 Å². The van der Waals surface area contributed by atoms with Gasteiger partial charge in [-0.2, -0.15) is 13.2 Å². The number of aryl methyl sites for hydroxylation is 1. The average molecular weight is 533 g/mol. The molecule has 3 N–H and O–H groups in total. The number of benzene rings is 2. The molecule has 0 radical (unpaired) electrons. The summed E-state index contributed by atoms with van der Waals surface area (Å²) in [7, 11) is 0. The van der Waals surface area contributed by atoms with Crippen LogP contribution in [0, 0.1) is 5.41 Å². The predicted molar refractivity (Wildman–Crippen MR) is 137 cm³/mol. The standard InChI is InChI=1S/C27H31F3N4O4/c1-17(33-38-18(2)22-6-3-11-34(22)26(31)32)20-8-10-23(21(16-20)27(28,29)30)35-12-4-5-19-7-9-24-25(15-19)37-14-13-36-24/h7-10,15-16,22H,2-6,11-14H2,1H3,(H3,31,32)/b33-17+/t22-/m0/s1. The number of likely N-dealkylation sites (tertiary alicyclic amines) is 1. The molecule has 1 fully saturated rings. The van der Waals surface area contributed by atoms with E-state index in [0.29, 0.717) is 50.5 Å². The summed E-state index contributed by atoms with van der Waals surface area (Å²) < 4.78 is 58.1. The molecule has 1 saturated heterocycles. The van der Waals surface area contributed by atoms with Crippen LogP contribution in [0.4, 0.5) is 13.2 Å². The van der Waals surface area contributed by atoms with Crippen LogP contribution in [-0.4, -0.2) is 49.0 Å². The average Bonchev–Trinajstić information content (AvgIpc) is 3.40. The second-order valence-electron chi connectivity index (χ2n) is 9.11. The zero-order chi connectivity index (χ0) is 27.3. The molecule has 204 valence electrons. The molecule has 0 bridgehead atoms. The molecule has 0 spiro atoms. The molecule has 2 aliphatic heterocycles. The number of fused-ring (bicyclic) bond motifs is 1. The first kappa shape index (κ1) is 27.2. The second kappa shape index (κ2) is 11.7. The smallest absolute Gasteiger partial charge is 0.419 e. The van der Waals surface area contributed by atoms with Crippen LogP contribution in [0.5, 0.6) is 17.2 Å². The maximum Gasteiger partial charge on any atom is 0.419 e. The Bertz CT molecular complexity index is 1220. The van der Waals surface area contributed by atoms with E-state index in [-0.39, 0.29) is 41.4 Å². The lowest BCUT2D eigenvalue weighted by Crippen LogP contribution is -2.41. The molecule has 4 rings (SSSR count). The minimum atomic E-state index is -4.61. The molecule has 38 heavy (non-hydrogen) atoms. The zero-order valence-electron chi connectivity index (χ0n) is 21.1. The third kappa shape index (κ3) is 6.51. The number of guanidine groups is 1. The Morgan fingerprint density at radius 2 is 1.95 bits per heavy atom. The number of halogens is 3. The SMILES string of the molecule is C=C(O/N=C(\C)c1ccc(OCCCc2ccc3c(c2)OCCO3)c(C(F)(F)F)c1)[C@@H]1CCCN1C(=N)N. The van der Waals surface area contributed by atoms with Gasteiger partial charge < -0.3 is 29.7 Å². The fourth-order valence-corrected chi connectivity index (χ4v) is 4.43. The Balaban J connectivity index is 1.37. The molecule has 2 aromatic rings. The third-order valence-corrected chi connectivity index (χ3v) is 6.41. The van der Waals surface area contributed by atoms with Crippen molar-refractivity contribution >= 4 is 11.7 Å². The first-order valence-corrected chi connectivity index (χ1v) is 12.4. The summed E-state index contributed by atoms with van der Waals surface area (Å²) in [6, 6.07) is 9.13. The summed E-state index contributed by atoms with van der Waals surface area (Å²) in [5.41, 5.74) is 6.17. The normalized spacial score (nSPS) is 17.3. The monoisotopic (exact) mass is 532 g/mol. The van der Waals surface area contributed by atoms with Gasteiger partial charge in [0, 0.05) is 6.54 Å². The van der Waals surface area contributed by atoms with Gasteiger partial charge in [0.2, 0.25) is 0 Å². The van der Waals surface area contributed by atoms with E-state index in [0.717, 1.165) is 18.1 Å². The highest BCUT2D eigenvalue weighted by Gasteiger charge is 2.35. The quantitative estimate of drug-likeness (QED) is 0.153. The van der Waals surface area contributed by atoms with Crippen LogP contribution in [0.3, 0.4) is 0 Å². The molecule has 11 heteroatoms. The summed E-state index contributed by atoms with van der Waals surface area (Å²) in [5, 5.41) is 11.6. The molecule has 0 aliphatic carbocycles. The lowest BCUT2D eigenvalue weighted by molar-refractivity contribution is -0.139. The van der Waals surface area contributed by atoms with Gasteiger partial charge in [0.05, 0.1) is 23.9 Å². The number of nitrogens with two attached hydrogens (primary N) is 1. The molecule has 0 amide bonds. The fourth-order valence-electron chi connectivity index (χ4n) is 4.43. The van der Waals surface area contributed by atoms with E-state index in [1.54, 1.807) is 11.8 Å². The molecule has 2 heterocycles. The lowest BCUT2D eigenvalue weighted by Gasteiger charge is -2.24.